The molecule has 1 heterocycles. The van der Waals surface area contributed by atoms with E-state index in [4.69, 9.17) is 4.99 Å². The normalized spacial score (nSPS) is 15.7. The molecule has 0 bridgehead atoms. The summed E-state index contributed by atoms with van der Waals surface area (Å²) in [5.41, 5.74) is 2.62. The van der Waals surface area contributed by atoms with E-state index in [0.717, 1.165) is 18.7 Å². The number of benzene rings is 2. The largest absolute Gasteiger partial charge is 0.354 e. The number of nitrogens with zero attached hydrogens (tertiary/aromatic N) is 2. The van der Waals surface area contributed by atoms with Gasteiger partial charge in [-0.1, -0.05) is 100 Å². The first-order valence-corrected chi connectivity index (χ1v) is 10.3. The van der Waals surface area contributed by atoms with Gasteiger partial charge >= 0.3 is 0 Å². The van der Waals surface area contributed by atoms with Crippen LogP contribution in [0.1, 0.15) is 44.9 Å². The van der Waals surface area contributed by atoms with E-state index in [1.165, 1.54) is 16.3 Å². The fourth-order valence-corrected chi connectivity index (χ4v) is 3.56. The highest BCUT2D eigenvalue weighted by Gasteiger charge is 2.18. The number of amidine groups is 1. The van der Waals surface area contributed by atoms with Crippen molar-refractivity contribution in [2.75, 3.05) is 19.3 Å². The maximum Gasteiger partial charge on any atom is 0.159 e. The molecule has 1 aliphatic heterocycles. The monoisotopic (exact) mass is 356 g/mol. The Morgan fingerprint density at radius 1 is 0.920 bits per heavy atom. The van der Waals surface area contributed by atoms with E-state index < -0.39 is 0 Å². The number of thioether (sulfide) groups is 1. The van der Waals surface area contributed by atoms with Crippen LogP contribution >= 0.6 is 11.8 Å². The lowest BCUT2D eigenvalue weighted by molar-refractivity contribution is 0.553. The Morgan fingerprint density at radius 3 is 2.00 bits per heavy atom. The summed E-state index contributed by atoms with van der Waals surface area (Å²) in [7, 11) is 2.13. The van der Waals surface area contributed by atoms with Crippen LogP contribution in [0.2, 0.25) is 0 Å². The van der Waals surface area contributed by atoms with Crippen molar-refractivity contribution < 1.29 is 0 Å². The van der Waals surface area contributed by atoms with E-state index in [0.29, 0.717) is 0 Å². The quantitative estimate of drug-likeness (QED) is 0.662. The van der Waals surface area contributed by atoms with Gasteiger partial charge in [0.25, 0.3) is 0 Å². The molecular weight excluding hydrogens is 324 g/mol. The molecule has 0 spiro atoms. The summed E-state index contributed by atoms with van der Waals surface area (Å²) in [4.78, 5) is 7.28. The second-order valence-corrected chi connectivity index (χ2v) is 6.36. The van der Waals surface area contributed by atoms with Gasteiger partial charge in [0.1, 0.15) is 0 Å². The van der Waals surface area contributed by atoms with Crippen molar-refractivity contribution >= 4 is 16.9 Å². The summed E-state index contributed by atoms with van der Waals surface area (Å²) in [5.74, 6) is 1.14. The Morgan fingerprint density at radius 2 is 1.48 bits per heavy atom. The summed E-state index contributed by atoms with van der Waals surface area (Å²) in [6.45, 7) is 9.09. The van der Waals surface area contributed by atoms with Crippen LogP contribution in [0.25, 0.3) is 0 Å². The van der Waals surface area contributed by atoms with Crippen LogP contribution < -0.4 is 0 Å². The van der Waals surface area contributed by atoms with Gasteiger partial charge in [0.15, 0.2) is 5.17 Å². The van der Waals surface area contributed by atoms with Crippen molar-refractivity contribution in [1.82, 2.24) is 4.90 Å². The van der Waals surface area contributed by atoms with Crippen LogP contribution in [0, 0.1) is 0 Å². The fraction of sp³-hybridized carbons (Fsp3) is 0.409. The van der Waals surface area contributed by atoms with Crippen LogP contribution in [-0.4, -0.2) is 29.4 Å². The summed E-state index contributed by atoms with van der Waals surface area (Å²) in [6, 6.07) is 21.4. The molecule has 3 heteroatoms. The first kappa shape index (κ1) is 21.3. The lowest BCUT2D eigenvalue weighted by atomic mass is 9.99. The topological polar surface area (TPSA) is 15.6 Å². The van der Waals surface area contributed by atoms with Gasteiger partial charge in [-0.25, -0.2) is 0 Å². The van der Waals surface area contributed by atoms with Gasteiger partial charge in [-0.05, 0) is 17.5 Å². The Balaban J connectivity index is 0.000000730. The average Bonchev–Trinajstić information content (AvgIpc) is 3.11. The smallest absolute Gasteiger partial charge is 0.159 e. The Bertz CT molecular complexity index is 596. The second-order valence-electron chi connectivity index (χ2n) is 5.30. The molecule has 1 unspecified atom stereocenters. The van der Waals surface area contributed by atoms with Crippen molar-refractivity contribution in [1.29, 1.82) is 0 Å². The highest BCUT2D eigenvalue weighted by Crippen LogP contribution is 2.26. The fourth-order valence-electron chi connectivity index (χ4n) is 2.50. The number of rotatable bonds is 4. The molecular formula is C22H32N2S. The molecule has 2 aromatic carbocycles. The molecule has 1 atom stereocenters. The molecule has 136 valence electrons. The maximum atomic E-state index is 5.03. The van der Waals surface area contributed by atoms with Crippen LogP contribution in [0.5, 0.6) is 0 Å². The molecule has 2 nitrogen and oxygen atoms in total. The average molecular weight is 357 g/mol. The first-order valence-electron chi connectivity index (χ1n) is 9.33. The predicted molar refractivity (Wildman–Crippen MR) is 115 cm³/mol. The van der Waals surface area contributed by atoms with Gasteiger partial charge in [-0.3, -0.25) is 4.99 Å². The number of hydrogen-bond acceptors (Lipinski definition) is 2. The minimum atomic E-state index is 0.191. The third kappa shape index (κ3) is 6.95. The van der Waals surface area contributed by atoms with E-state index in [9.17, 15) is 0 Å². The van der Waals surface area contributed by atoms with E-state index in [-0.39, 0.29) is 6.04 Å². The van der Waals surface area contributed by atoms with Crippen LogP contribution in [0.4, 0.5) is 0 Å². The molecule has 0 radical (unpaired) electrons. The highest BCUT2D eigenvalue weighted by atomic mass is 32.2. The predicted octanol–water partition coefficient (Wildman–Crippen LogP) is 6.06. The SMILES string of the molecule is CC.CC.CN1CCSC1=NC(Cc1ccccc1)c1ccccc1. The van der Waals surface area contributed by atoms with Gasteiger partial charge in [0, 0.05) is 19.3 Å². The Kier molecular flexibility index (Phi) is 10.7. The molecule has 0 N–H and O–H groups in total. The Hall–Kier alpha value is -1.74. The summed E-state index contributed by atoms with van der Waals surface area (Å²) >= 11 is 1.86. The molecule has 1 aliphatic rings. The molecule has 3 rings (SSSR count). The van der Waals surface area contributed by atoms with E-state index in [1.54, 1.807) is 0 Å². The lowest BCUT2D eigenvalue weighted by Crippen LogP contribution is -2.19. The zero-order chi connectivity index (χ0) is 18.5. The third-order valence-electron chi connectivity index (χ3n) is 3.71. The molecule has 1 saturated heterocycles. The Labute approximate surface area is 158 Å². The van der Waals surface area contributed by atoms with Crippen molar-refractivity contribution in [2.24, 2.45) is 4.99 Å². The molecule has 2 aromatic rings. The minimum absolute atomic E-state index is 0.191. The molecule has 0 aromatic heterocycles. The molecule has 0 aliphatic carbocycles. The first-order chi connectivity index (χ1) is 12.3. The maximum absolute atomic E-state index is 5.03. The van der Waals surface area contributed by atoms with Crippen molar-refractivity contribution in [2.45, 2.75) is 40.2 Å². The summed E-state index contributed by atoms with van der Waals surface area (Å²) in [6.07, 6.45) is 0.947. The van der Waals surface area contributed by atoms with E-state index >= 15 is 0 Å². The molecule has 0 amide bonds. The van der Waals surface area contributed by atoms with E-state index in [1.807, 2.05) is 39.5 Å². The van der Waals surface area contributed by atoms with Gasteiger partial charge in [-0.2, -0.15) is 0 Å². The van der Waals surface area contributed by atoms with Gasteiger partial charge < -0.3 is 4.90 Å². The van der Waals surface area contributed by atoms with Crippen LogP contribution in [0.3, 0.4) is 0 Å². The van der Waals surface area contributed by atoms with Gasteiger partial charge in [-0.15, -0.1) is 0 Å². The van der Waals surface area contributed by atoms with Gasteiger partial charge in [0.2, 0.25) is 0 Å². The van der Waals surface area contributed by atoms with Gasteiger partial charge in [0.05, 0.1) is 6.04 Å². The third-order valence-corrected chi connectivity index (χ3v) is 4.77. The summed E-state index contributed by atoms with van der Waals surface area (Å²) in [5, 5.41) is 1.17. The number of aliphatic imine (C=N–C) groups is 1. The molecule has 1 fully saturated rings. The zero-order valence-electron chi connectivity index (χ0n) is 16.3. The summed E-state index contributed by atoms with van der Waals surface area (Å²) < 4.78 is 0. The number of hydrogen-bond donors (Lipinski definition) is 0. The minimum Gasteiger partial charge on any atom is -0.354 e. The van der Waals surface area contributed by atoms with E-state index in [2.05, 4.69) is 72.6 Å². The van der Waals surface area contributed by atoms with Crippen molar-refractivity contribution in [3.8, 4) is 0 Å². The lowest BCUT2D eigenvalue weighted by Gasteiger charge is -2.17. The van der Waals surface area contributed by atoms with Crippen molar-refractivity contribution in [3.63, 3.8) is 0 Å². The van der Waals surface area contributed by atoms with Crippen LogP contribution in [0.15, 0.2) is 65.7 Å². The molecule has 25 heavy (non-hydrogen) atoms. The standard InChI is InChI=1S/C18H20N2S.2C2H6/c1-20-12-13-21-18(20)19-17(16-10-6-3-7-11-16)14-15-8-4-2-5-9-15;2*1-2/h2-11,17H,12-14H2,1H3;2*1-2H3. The second kappa shape index (κ2) is 12.6. The van der Waals surface area contributed by atoms with Crippen LogP contribution in [-0.2, 0) is 6.42 Å². The zero-order valence-corrected chi connectivity index (χ0v) is 17.1. The highest BCUT2D eigenvalue weighted by molar-refractivity contribution is 8.14. The van der Waals surface area contributed by atoms with Crippen molar-refractivity contribution in [3.05, 3.63) is 71.8 Å². The molecule has 0 saturated carbocycles.